The summed E-state index contributed by atoms with van der Waals surface area (Å²) < 4.78 is 42.4. The quantitative estimate of drug-likeness (QED) is 0.919. The van der Waals surface area contributed by atoms with Crippen LogP contribution in [-0.4, -0.2) is 11.1 Å². The van der Waals surface area contributed by atoms with Crippen LogP contribution in [0.15, 0.2) is 35.0 Å². The molecular weight excluding hydrogens is 285 g/mol. The molecule has 0 saturated carbocycles. The van der Waals surface area contributed by atoms with Gasteiger partial charge in [-0.15, -0.1) is 0 Å². The number of hydrogen-bond acceptors (Lipinski definition) is 3. The largest absolute Gasteiger partial charge is 0.417 e. The zero-order chi connectivity index (χ0) is 14.0. The third-order valence-corrected chi connectivity index (χ3v) is 2.52. The van der Waals surface area contributed by atoms with Gasteiger partial charge in [0.05, 0.1) is 16.8 Å². The first kappa shape index (κ1) is 13.4. The van der Waals surface area contributed by atoms with E-state index in [1.165, 1.54) is 18.3 Å². The van der Waals surface area contributed by atoms with Gasteiger partial charge in [-0.1, -0.05) is 16.8 Å². The molecule has 0 aliphatic carbocycles. The van der Waals surface area contributed by atoms with Gasteiger partial charge in [0.2, 0.25) is 5.76 Å². The molecular formula is C11H6ClF3N2O2. The monoisotopic (exact) mass is 290 g/mol. The number of nitrogens with one attached hydrogen (secondary N) is 1. The number of rotatable bonds is 2. The lowest BCUT2D eigenvalue weighted by Gasteiger charge is -2.11. The van der Waals surface area contributed by atoms with Crippen LogP contribution in [0.1, 0.15) is 16.1 Å². The first-order valence-electron chi connectivity index (χ1n) is 4.96. The number of carbonyl (C=O) groups excluding carboxylic acids is 1. The van der Waals surface area contributed by atoms with Crippen molar-refractivity contribution >= 4 is 23.2 Å². The number of aromatic nitrogens is 1. The van der Waals surface area contributed by atoms with Crippen LogP contribution >= 0.6 is 11.6 Å². The summed E-state index contributed by atoms with van der Waals surface area (Å²) in [4.78, 5) is 11.6. The molecule has 0 atom stereocenters. The summed E-state index contributed by atoms with van der Waals surface area (Å²) in [6.45, 7) is 0. The second-order valence-electron chi connectivity index (χ2n) is 3.52. The van der Waals surface area contributed by atoms with Crippen molar-refractivity contribution in [2.75, 3.05) is 5.32 Å². The fraction of sp³-hybridized carbons (Fsp3) is 0.0909. The Hall–Kier alpha value is -2.02. The molecule has 0 saturated heterocycles. The Bertz CT molecular complexity index is 596. The number of alkyl halides is 3. The number of benzene rings is 1. The van der Waals surface area contributed by atoms with Crippen LogP contribution in [0.3, 0.4) is 0 Å². The van der Waals surface area contributed by atoms with Gasteiger partial charge in [-0.3, -0.25) is 4.79 Å². The topological polar surface area (TPSA) is 55.1 Å². The highest BCUT2D eigenvalue weighted by atomic mass is 35.5. The van der Waals surface area contributed by atoms with E-state index in [0.29, 0.717) is 0 Å². The predicted molar refractivity (Wildman–Crippen MR) is 60.9 cm³/mol. The van der Waals surface area contributed by atoms with Crippen molar-refractivity contribution in [3.05, 3.63) is 46.8 Å². The Kier molecular flexibility index (Phi) is 3.48. The van der Waals surface area contributed by atoms with Gasteiger partial charge in [0.15, 0.2) is 0 Å². The maximum atomic E-state index is 12.6. The Morgan fingerprint density at radius 3 is 2.63 bits per heavy atom. The lowest BCUT2D eigenvalue weighted by atomic mass is 10.2. The molecule has 0 aliphatic heterocycles. The van der Waals surface area contributed by atoms with Crippen molar-refractivity contribution in [3.8, 4) is 0 Å². The van der Waals surface area contributed by atoms with Crippen LogP contribution in [0.5, 0.6) is 0 Å². The Morgan fingerprint density at radius 2 is 2.05 bits per heavy atom. The Labute approximate surface area is 110 Å². The summed E-state index contributed by atoms with van der Waals surface area (Å²) in [7, 11) is 0. The third-order valence-electron chi connectivity index (χ3n) is 2.19. The van der Waals surface area contributed by atoms with Gasteiger partial charge in [0.25, 0.3) is 5.91 Å². The molecule has 2 rings (SSSR count). The zero-order valence-electron chi connectivity index (χ0n) is 9.16. The van der Waals surface area contributed by atoms with Crippen molar-refractivity contribution in [2.45, 2.75) is 6.18 Å². The van der Waals surface area contributed by atoms with Gasteiger partial charge in [-0.2, -0.15) is 13.2 Å². The fourth-order valence-corrected chi connectivity index (χ4v) is 1.57. The highest BCUT2D eigenvalue weighted by molar-refractivity contribution is 6.31. The molecule has 4 nitrogen and oxygen atoms in total. The molecule has 1 amide bonds. The number of nitrogens with zero attached hydrogens (tertiary/aromatic N) is 1. The van der Waals surface area contributed by atoms with Crippen LogP contribution in [0.2, 0.25) is 5.02 Å². The van der Waals surface area contributed by atoms with E-state index < -0.39 is 22.7 Å². The van der Waals surface area contributed by atoms with E-state index in [-0.39, 0.29) is 11.4 Å². The highest BCUT2D eigenvalue weighted by Gasteiger charge is 2.33. The summed E-state index contributed by atoms with van der Waals surface area (Å²) in [6.07, 6.45) is -3.35. The van der Waals surface area contributed by atoms with E-state index >= 15 is 0 Å². The average Bonchev–Trinajstić information content (AvgIpc) is 2.83. The zero-order valence-corrected chi connectivity index (χ0v) is 9.92. The highest BCUT2D eigenvalue weighted by Crippen LogP contribution is 2.36. The SMILES string of the molecule is O=C(Nc1ccc(Cl)c(C(F)(F)F)c1)c1ccno1. The fourth-order valence-electron chi connectivity index (χ4n) is 1.35. The second kappa shape index (κ2) is 4.93. The smallest absolute Gasteiger partial charge is 0.351 e. The Balaban J connectivity index is 2.25. The third kappa shape index (κ3) is 3.05. The van der Waals surface area contributed by atoms with Crippen LogP contribution in [0.25, 0.3) is 0 Å². The Morgan fingerprint density at radius 1 is 1.32 bits per heavy atom. The van der Waals surface area contributed by atoms with Gasteiger partial charge in [0, 0.05) is 11.8 Å². The molecule has 0 fully saturated rings. The molecule has 1 aromatic carbocycles. The van der Waals surface area contributed by atoms with Gasteiger partial charge in [0.1, 0.15) is 0 Å². The molecule has 19 heavy (non-hydrogen) atoms. The number of hydrogen-bond donors (Lipinski definition) is 1. The average molecular weight is 291 g/mol. The summed E-state index contributed by atoms with van der Waals surface area (Å²) in [5.74, 6) is -0.809. The molecule has 1 N–H and O–H groups in total. The van der Waals surface area contributed by atoms with Crippen LogP contribution in [0, 0.1) is 0 Å². The predicted octanol–water partition coefficient (Wildman–Crippen LogP) is 3.60. The lowest BCUT2D eigenvalue weighted by molar-refractivity contribution is -0.137. The molecule has 0 radical (unpaired) electrons. The minimum atomic E-state index is -4.59. The van der Waals surface area contributed by atoms with E-state index in [1.807, 2.05) is 0 Å². The molecule has 0 aliphatic rings. The van der Waals surface area contributed by atoms with E-state index in [9.17, 15) is 18.0 Å². The molecule has 100 valence electrons. The first-order chi connectivity index (χ1) is 8.88. The number of anilines is 1. The van der Waals surface area contributed by atoms with E-state index in [4.69, 9.17) is 11.6 Å². The van der Waals surface area contributed by atoms with Gasteiger partial charge in [-0.25, -0.2) is 0 Å². The molecule has 0 bridgehead atoms. The molecule has 0 spiro atoms. The molecule has 2 aromatic rings. The maximum absolute atomic E-state index is 12.6. The molecule has 1 heterocycles. The van der Waals surface area contributed by atoms with Crippen molar-refractivity contribution < 1.29 is 22.5 Å². The second-order valence-corrected chi connectivity index (χ2v) is 3.93. The van der Waals surface area contributed by atoms with Crippen molar-refractivity contribution in [3.63, 3.8) is 0 Å². The van der Waals surface area contributed by atoms with Crippen LogP contribution < -0.4 is 5.32 Å². The number of carbonyl (C=O) groups is 1. The van der Waals surface area contributed by atoms with Crippen molar-refractivity contribution in [1.29, 1.82) is 0 Å². The van der Waals surface area contributed by atoms with Gasteiger partial charge in [-0.05, 0) is 18.2 Å². The van der Waals surface area contributed by atoms with Gasteiger partial charge < -0.3 is 9.84 Å². The maximum Gasteiger partial charge on any atom is 0.417 e. The lowest BCUT2D eigenvalue weighted by Crippen LogP contribution is -2.12. The summed E-state index contributed by atoms with van der Waals surface area (Å²) >= 11 is 5.46. The summed E-state index contributed by atoms with van der Waals surface area (Å²) in [5.41, 5.74) is -1.07. The first-order valence-corrected chi connectivity index (χ1v) is 5.34. The van der Waals surface area contributed by atoms with Gasteiger partial charge >= 0.3 is 6.18 Å². The number of amides is 1. The standard InChI is InChI=1S/C11H6ClF3N2O2/c12-8-2-1-6(5-7(8)11(13,14)15)17-10(18)9-3-4-16-19-9/h1-5H,(H,17,18). The summed E-state index contributed by atoms with van der Waals surface area (Å²) in [6, 6.07) is 4.35. The van der Waals surface area contributed by atoms with Crippen LogP contribution in [0.4, 0.5) is 18.9 Å². The van der Waals surface area contributed by atoms with Crippen molar-refractivity contribution in [1.82, 2.24) is 5.16 Å². The van der Waals surface area contributed by atoms with E-state index in [0.717, 1.165) is 12.1 Å². The minimum Gasteiger partial charge on any atom is -0.351 e. The van der Waals surface area contributed by atoms with E-state index in [2.05, 4.69) is 15.0 Å². The minimum absolute atomic E-state index is 0.0434. The molecule has 0 unspecified atom stereocenters. The van der Waals surface area contributed by atoms with Crippen molar-refractivity contribution in [2.24, 2.45) is 0 Å². The molecule has 1 aromatic heterocycles. The molecule has 8 heteroatoms. The van der Waals surface area contributed by atoms with Crippen LogP contribution in [-0.2, 0) is 6.18 Å². The normalized spacial score (nSPS) is 11.4. The number of halogens is 4. The summed E-state index contributed by atoms with van der Waals surface area (Å²) in [5, 5.41) is 5.13. The van der Waals surface area contributed by atoms with E-state index in [1.54, 1.807) is 0 Å².